The van der Waals surface area contributed by atoms with Crippen molar-refractivity contribution in [3.05, 3.63) is 45.9 Å². The van der Waals surface area contributed by atoms with Crippen LogP contribution in [-0.4, -0.2) is 29.7 Å². The maximum absolute atomic E-state index is 8.93. The van der Waals surface area contributed by atoms with E-state index in [1.54, 1.807) is 0 Å². The van der Waals surface area contributed by atoms with Gasteiger partial charge < -0.3 is 5.11 Å². The van der Waals surface area contributed by atoms with Crippen molar-refractivity contribution in [2.75, 3.05) is 19.7 Å². The lowest BCUT2D eigenvalue weighted by atomic mass is 10.2. The molecule has 1 N–H and O–H groups in total. The molecule has 0 unspecified atom stereocenters. The molecule has 0 aliphatic carbocycles. The van der Waals surface area contributed by atoms with Crippen molar-refractivity contribution in [3.8, 4) is 0 Å². The molecule has 0 fully saturated rings. The van der Waals surface area contributed by atoms with Gasteiger partial charge in [0.25, 0.3) is 0 Å². The summed E-state index contributed by atoms with van der Waals surface area (Å²) in [6, 6.07) is 5.85. The Kier molecular flexibility index (Phi) is 6.06. The second-order valence-electron chi connectivity index (χ2n) is 3.50. The summed E-state index contributed by atoms with van der Waals surface area (Å²) in [5.74, 6) is 0. The smallest absolute Gasteiger partial charge is 0.0558 e. The van der Waals surface area contributed by atoms with Crippen LogP contribution in [0, 0.1) is 0 Å². The molecular weight excluding hydrogens is 289 g/mol. The van der Waals surface area contributed by atoms with E-state index in [4.69, 9.17) is 16.7 Å². The van der Waals surface area contributed by atoms with Gasteiger partial charge in [0.15, 0.2) is 0 Å². The Labute approximate surface area is 110 Å². The van der Waals surface area contributed by atoms with Gasteiger partial charge in [-0.05, 0) is 33.6 Å². The molecule has 0 bridgehead atoms. The second-order valence-corrected chi connectivity index (χ2v) is 4.76. The summed E-state index contributed by atoms with van der Waals surface area (Å²) in [6.07, 6.45) is 1.83. The molecule has 0 saturated heterocycles. The highest BCUT2D eigenvalue weighted by Crippen LogP contribution is 2.23. The van der Waals surface area contributed by atoms with Crippen LogP contribution < -0.4 is 0 Å². The number of hydrogen-bond donors (Lipinski definition) is 1. The molecule has 0 aliphatic heterocycles. The van der Waals surface area contributed by atoms with E-state index < -0.39 is 0 Å². The van der Waals surface area contributed by atoms with Crippen molar-refractivity contribution in [2.24, 2.45) is 0 Å². The van der Waals surface area contributed by atoms with E-state index in [9.17, 15) is 0 Å². The Morgan fingerprint density at radius 3 is 2.81 bits per heavy atom. The second kappa shape index (κ2) is 7.07. The predicted molar refractivity (Wildman–Crippen MR) is 71.7 cm³/mol. The standard InChI is InChI=1S/C12H15BrClNO/c1-2-5-15(6-7-16)9-10-3-4-12(14)11(13)8-10/h2-4,8,16H,1,5-7,9H2. The van der Waals surface area contributed by atoms with Crippen LogP contribution in [0.1, 0.15) is 5.56 Å². The summed E-state index contributed by atoms with van der Waals surface area (Å²) in [5.41, 5.74) is 1.16. The fourth-order valence-corrected chi connectivity index (χ4v) is 2.00. The molecule has 1 rings (SSSR count). The average Bonchev–Trinajstić information content (AvgIpc) is 2.24. The molecule has 2 nitrogen and oxygen atoms in total. The molecule has 0 aliphatic rings. The number of rotatable bonds is 6. The molecule has 4 heteroatoms. The van der Waals surface area contributed by atoms with Gasteiger partial charge in [-0.3, -0.25) is 4.90 Å². The van der Waals surface area contributed by atoms with Gasteiger partial charge in [-0.2, -0.15) is 0 Å². The van der Waals surface area contributed by atoms with Crippen molar-refractivity contribution in [1.82, 2.24) is 4.90 Å². The van der Waals surface area contributed by atoms with Crippen LogP contribution in [0.5, 0.6) is 0 Å². The first-order valence-corrected chi connectivity index (χ1v) is 6.22. The van der Waals surface area contributed by atoms with Crippen molar-refractivity contribution < 1.29 is 5.11 Å². The molecule has 0 aromatic heterocycles. The molecule has 1 aromatic carbocycles. The number of aliphatic hydroxyl groups is 1. The molecule has 0 heterocycles. The molecule has 0 radical (unpaired) electrons. The minimum Gasteiger partial charge on any atom is -0.395 e. The van der Waals surface area contributed by atoms with Crippen LogP contribution in [0.15, 0.2) is 35.3 Å². The number of halogens is 2. The van der Waals surface area contributed by atoms with E-state index in [0.717, 1.165) is 23.1 Å². The largest absolute Gasteiger partial charge is 0.395 e. The minimum absolute atomic E-state index is 0.155. The predicted octanol–water partition coefficient (Wildman–Crippen LogP) is 3.08. The van der Waals surface area contributed by atoms with Gasteiger partial charge in [0.2, 0.25) is 0 Å². The molecule has 0 atom stereocenters. The molecular formula is C12H15BrClNO. The zero-order valence-corrected chi connectivity index (χ0v) is 11.3. The topological polar surface area (TPSA) is 23.5 Å². The van der Waals surface area contributed by atoms with Gasteiger partial charge in [0, 0.05) is 24.1 Å². The van der Waals surface area contributed by atoms with Gasteiger partial charge in [0.05, 0.1) is 11.6 Å². The maximum Gasteiger partial charge on any atom is 0.0558 e. The Hall–Kier alpha value is -0.350. The number of aliphatic hydroxyl groups excluding tert-OH is 1. The van der Waals surface area contributed by atoms with Gasteiger partial charge in [-0.1, -0.05) is 23.7 Å². The van der Waals surface area contributed by atoms with Crippen LogP contribution in [0.25, 0.3) is 0 Å². The molecule has 1 aromatic rings. The SMILES string of the molecule is C=CCN(CCO)Cc1ccc(Cl)c(Br)c1. The first-order chi connectivity index (χ1) is 7.67. The Bertz CT molecular complexity index is 357. The number of nitrogens with zero attached hydrogens (tertiary/aromatic N) is 1. The average molecular weight is 305 g/mol. The molecule has 0 saturated carbocycles. The van der Waals surface area contributed by atoms with Crippen LogP contribution in [-0.2, 0) is 6.54 Å². The fraction of sp³-hybridized carbons (Fsp3) is 0.333. The maximum atomic E-state index is 8.93. The third kappa shape index (κ3) is 4.26. The van der Waals surface area contributed by atoms with Crippen LogP contribution in [0.4, 0.5) is 0 Å². The lowest BCUT2D eigenvalue weighted by Gasteiger charge is -2.19. The van der Waals surface area contributed by atoms with Gasteiger partial charge in [-0.25, -0.2) is 0 Å². The summed E-state index contributed by atoms with van der Waals surface area (Å²) >= 11 is 9.32. The van der Waals surface area contributed by atoms with Crippen molar-refractivity contribution in [2.45, 2.75) is 6.54 Å². The summed E-state index contributed by atoms with van der Waals surface area (Å²) in [6.45, 7) is 6.05. The number of benzene rings is 1. The van der Waals surface area contributed by atoms with Crippen LogP contribution in [0.2, 0.25) is 5.02 Å². The first kappa shape index (κ1) is 13.7. The monoisotopic (exact) mass is 303 g/mol. The molecule has 0 spiro atoms. The first-order valence-electron chi connectivity index (χ1n) is 5.05. The zero-order valence-electron chi connectivity index (χ0n) is 9.00. The summed E-state index contributed by atoms with van der Waals surface area (Å²) in [7, 11) is 0. The van der Waals surface area contributed by atoms with Gasteiger partial charge in [-0.15, -0.1) is 6.58 Å². The highest BCUT2D eigenvalue weighted by Gasteiger charge is 2.05. The zero-order chi connectivity index (χ0) is 12.0. The van der Waals surface area contributed by atoms with Crippen molar-refractivity contribution in [1.29, 1.82) is 0 Å². The van der Waals surface area contributed by atoms with Crippen LogP contribution >= 0.6 is 27.5 Å². The third-order valence-electron chi connectivity index (χ3n) is 2.19. The van der Waals surface area contributed by atoms with Crippen molar-refractivity contribution >= 4 is 27.5 Å². The normalized spacial score (nSPS) is 10.8. The Balaban J connectivity index is 2.68. The summed E-state index contributed by atoms with van der Waals surface area (Å²) in [4.78, 5) is 2.11. The van der Waals surface area contributed by atoms with E-state index in [1.165, 1.54) is 0 Å². The number of hydrogen-bond acceptors (Lipinski definition) is 2. The van der Waals surface area contributed by atoms with E-state index in [0.29, 0.717) is 11.6 Å². The highest BCUT2D eigenvalue weighted by molar-refractivity contribution is 9.10. The fourth-order valence-electron chi connectivity index (χ4n) is 1.46. The van der Waals surface area contributed by atoms with Gasteiger partial charge >= 0.3 is 0 Å². The Morgan fingerprint density at radius 2 is 2.25 bits per heavy atom. The van der Waals surface area contributed by atoms with Crippen LogP contribution in [0.3, 0.4) is 0 Å². The molecule has 88 valence electrons. The lowest BCUT2D eigenvalue weighted by Crippen LogP contribution is -2.26. The summed E-state index contributed by atoms with van der Waals surface area (Å²) < 4.78 is 0.897. The Morgan fingerprint density at radius 1 is 1.50 bits per heavy atom. The molecule has 0 amide bonds. The molecule has 16 heavy (non-hydrogen) atoms. The van der Waals surface area contributed by atoms with Gasteiger partial charge in [0.1, 0.15) is 0 Å². The minimum atomic E-state index is 0.155. The highest BCUT2D eigenvalue weighted by atomic mass is 79.9. The van der Waals surface area contributed by atoms with Crippen molar-refractivity contribution in [3.63, 3.8) is 0 Å². The third-order valence-corrected chi connectivity index (χ3v) is 3.41. The summed E-state index contributed by atoms with van der Waals surface area (Å²) in [5, 5.41) is 9.64. The van der Waals surface area contributed by atoms with E-state index >= 15 is 0 Å². The quantitative estimate of drug-likeness (QED) is 0.817. The van der Waals surface area contributed by atoms with E-state index in [-0.39, 0.29) is 6.61 Å². The van der Waals surface area contributed by atoms with E-state index in [2.05, 4.69) is 27.4 Å². The van der Waals surface area contributed by atoms with E-state index in [1.807, 2.05) is 24.3 Å². The lowest BCUT2D eigenvalue weighted by molar-refractivity contribution is 0.203.